The Morgan fingerprint density at radius 1 is 1.17 bits per heavy atom. The van der Waals surface area contributed by atoms with Crippen LogP contribution in [-0.4, -0.2) is 5.54 Å². The van der Waals surface area contributed by atoms with Crippen LogP contribution in [0.2, 0.25) is 0 Å². The highest BCUT2D eigenvalue weighted by Gasteiger charge is 2.10. The molecule has 1 aliphatic carbocycles. The van der Waals surface area contributed by atoms with Gasteiger partial charge in [0.05, 0.1) is 0 Å². The van der Waals surface area contributed by atoms with Crippen molar-refractivity contribution in [2.75, 3.05) is 0 Å². The van der Waals surface area contributed by atoms with Crippen LogP contribution in [0.25, 0.3) is 0 Å². The van der Waals surface area contributed by atoms with Crippen LogP contribution in [0.15, 0.2) is 35.6 Å². The molecule has 0 radical (unpaired) electrons. The minimum absolute atomic E-state index is 0.154. The van der Waals surface area contributed by atoms with Gasteiger partial charge in [-0.25, -0.2) is 0 Å². The van der Waals surface area contributed by atoms with E-state index in [0.717, 1.165) is 0 Å². The summed E-state index contributed by atoms with van der Waals surface area (Å²) in [7, 11) is 0. The third-order valence-corrected chi connectivity index (χ3v) is 1.66. The monoisotopic (exact) mass is 163 g/mol. The lowest BCUT2D eigenvalue weighted by molar-refractivity contribution is 0.472. The van der Waals surface area contributed by atoms with Crippen LogP contribution in [0.3, 0.4) is 0 Å². The smallest absolute Gasteiger partial charge is 0.0286 e. The highest BCUT2D eigenvalue weighted by Crippen LogP contribution is 2.13. The van der Waals surface area contributed by atoms with E-state index in [1.807, 2.05) is 0 Å². The van der Waals surface area contributed by atoms with Crippen LogP contribution in [0.1, 0.15) is 27.7 Å². The molecule has 0 aromatic rings. The molecule has 0 heterocycles. The maximum absolute atomic E-state index is 3.44. The van der Waals surface area contributed by atoms with Crippen molar-refractivity contribution in [1.82, 2.24) is 5.32 Å². The Hall–Kier alpha value is -0.980. The van der Waals surface area contributed by atoms with Gasteiger partial charge in [-0.05, 0) is 33.3 Å². The Balaban J connectivity index is 2.71. The molecule has 66 valence electrons. The molecule has 0 atom stereocenters. The lowest BCUT2D eigenvalue weighted by Crippen LogP contribution is -2.34. The first kappa shape index (κ1) is 9.11. The third kappa shape index (κ3) is 2.57. The van der Waals surface area contributed by atoms with Crippen molar-refractivity contribution in [2.45, 2.75) is 33.2 Å². The van der Waals surface area contributed by atoms with E-state index in [9.17, 15) is 0 Å². The van der Waals surface area contributed by atoms with Gasteiger partial charge in [0.2, 0.25) is 0 Å². The predicted molar refractivity (Wildman–Crippen MR) is 53.9 cm³/mol. The Labute approximate surface area is 74.9 Å². The predicted octanol–water partition coefficient (Wildman–Crippen LogP) is 2.77. The van der Waals surface area contributed by atoms with Crippen LogP contribution in [0, 0.1) is 0 Å². The zero-order valence-corrected chi connectivity index (χ0v) is 8.31. The summed E-state index contributed by atoms with van der Waals surface area (Å²) in [5.74, 6) is 0. The summed E-state index contributed by atoms with van der Waals surface area (Å²) in [4.78, 5) is 0. The third-order valence-electron chi connectivity index (χ3n) is 1.66. The van der Waals surface area contributed by atoms with Gasteiger partial charge in [0.1, 0.15) is 0 Å². The minimum Gasteiger partial charge on any atom is -0.383 e. The first-order valence-corrected chi connectivity index (χ1v) is 4.33. The van der Waals surface area contributed by atoms with Crippen molar-refractivity contribution in [3.8, 4) is 0 Å². The molecule has 1 heteroatoms. The quantitative estimate of drug-likeness (QED) is 0.626. The SMILES string of the molecule is CC(NC(C)(C)C)=C1C=CC=C1. The Bertz CT molecular complexity index is 235. The fourth-order valence-corrected chi connectivity index (χ4v) is 1.26. The van der Waals surface area contributed by atoms with Gasteiger partial charge in [-0.3, -0.25) is 0 Å². The lowest BCUT2D eigenvalue weighted by Gasteiger charge is -2.23. The van der Waals surface area contributed by atoms with Crippen LogP contribution in [0.5, 0.6) is 0 Å². The second kappa shape index (κ2) is 3.18. The van der Waals surface area contributed by atoms with Crippen molar-refractivity contribution in [1.29, 1.82) is 0 Å². The first-order chi connectivity index (χ1) is 5.49. The number of nitrogens with one attached hydrogen (secondary N) is 1. The molecule has 0 spiro atoms. The first-order valence-electron chi connectivity index (χ1n) is 4.33. The minimum atomic E-state index is 0.154. The van der Waals surface area contributed by atoms with Gasteiger partial charge in [-0.1, -0.05) is 24.3 Å². The number of hydrogen-bond acceptors (Lipinski definition) is 1. The second-order valence-electron chi connectivity index (χ2n) is 4.17. The van der Waals surface area contributed by atoms with Crippen molar-refractivity contribution < 1.29 is 0 Å². The van der Waals surface area contributed by atoms with Crippen LogP contribution in [-0.2, 0) is 0 Å². The highest BCUT2D eigenvalue weighted by molar-refractivity contribution is 5.42. The van der Waals surface area contributed by atoms with Gasteiger partial charge in [-0.2, -0.15) is 0 Å². The van der Waals surface area contributed by atoms with E-state index in [1.54, 1.807) is 0 Å². The van der Waals surface area contributed by atoms with Gasteiger partial charge >= 0.3 is 0 Å². The zero-order valence-electron chi connectivity index (χ0n) is 8.31. The van der Waals surface area contributed by atoms with Crippen molar-refractivity contribution >= 4 is 0 Å². The van der Waals surface area contributed by atoms with E-state index in [2.05, 4.69) is 57.3 Å². The summed E-state index contributed by atoms with van der Waals surface area (Å²) >= 11 is 0. The zero-order chi connectivity index (χ0) is 9.19. The maximum Gasteiger partial charge on any atom is 0.0286 e. The summed E-state index contributed by atoms with van der Waals surface area (Å²) < 4.78 is 0. The molecule has 1 rings (SSSR count). The van der Waals surface area contributed by atoms with Gasteiger partial charge in [-0.15, -0.1) is 0 Å². The standard InChI is InChI=1S/C11H17N/c1-9(12-11(2,3)4)10-7-5-6-8-10/h5-8,12H,1-4H3. The molecule has 0 aliphatic heterocycles. The van der Waals surface area contributed by atoms with E-state index in [1.165, 1.54) is 11.3 Å². The van der Waals surface area contributed by atoms with Gasteiger partial charge in [0.25, 0.3) is 0 Å². The highest BCUT2D eigenvalue weighted by atomic mass is 15.0. The molecule has 12 heavy (non-hydrogen) atoms. The van der Waals surface area contributed by atoms with Gasteiger partial charge < -0.3 is 5.32 Å². The lowest BCUT2D eigenvalue weighted by atomic mass is 10.1. The molecule has 1 nitrogen and oxygen atoms in total. The van der Waals surface area contributed by atoms with Crippen molar-refractivity contribution in [3.05, 3.63) is 35.6 Å². The molecule has 0 aromatic heterocycles. The summed E-state index contributed by atoms with van der Waals surface area (Å²) in [5, 5.41) is 3.44. The van der Waals surface area contributed by atoms with Gasteiger partial charge in [0.15, 0.2) is 0 Å². The molecule has 0 saturated carbocycles. The number of allylic oxidation sites excluding steroid dienone is 6. The van der Waals surface area contributed by atoms with Crippen molar-refractivity contribution in [2.24, 2.45) is 0 Å². The molecule has 0 aromatic carbocycles. The molecular formula is C11H17N. The molecule has 0 amide bonds. The van der Waals surface area contributed by atoms with E-state index in [-0.39, 0.29) is 5.54 Å². The largest absolute Gasteiger partial charge is 0.383 e. The molecule has 1 aliphatic rings. The van der Waals surface area contributed by atoms with E-state index < -0.39 is 0 Å². The average Bonchev–Trinajstić information content (AvgIpc) is 2.32. The Morgan fingerprint density at radius 2 is 1.67 bits per heavy atom. The normalized spacial score (nSPS) is 15.5. The number of hydrogen-bond donors (Lipinski definition) is 1. The Kier molecular flexibility index (Phi) is 2.41. The molecular weight excluding hydrogens is 146 g/mol. The summed E-state index contributed by atoms with van der Waals surface area (Å²) in [6, 6.07) is 0. The molecule has 0 fully saturated rings. The summed E-state index contributed by atoms with van der Waals surface area (Å²) in [5.41, 5.74) is 2.68. The molecule has 0 bridgehead atoms. The fraction of sp³-hybridized carbons (Fsp3) is 0.455. The fourth-order valence-electron chi connectivity index (χ4n) is 1.26. The summed E-state index contributed by atoms with van der Waals surface area (Å²) in [6.07, 6.45) is 8.36. The van der Waals surface area contributed by atoms with E-state index in [4.69, 9.17) is 0 Å². The van der Waals surface area contributed by atoms with Crippen LogP contribution < -0.4 is 5.32 Å². The average molecular weight is 163 g/mol. The number of rotatable bonds is 1. The van der Waals surface area contributed by atoms with E-state index >= 15 is 0 Å². The van der Waals surface area contributed by atoms with Gasteiger partial charge in [0, 0.05) is 11.2 Å². The topological polar surface area (TPSA) is 12.0 Å². The van der Waals surface area contributed by atoms with E-state index in [0.29, 0.717) is 0 Å². The van der Waals surface area contributed by atoms with Crippen LogP contribution in [0.4, 0.5) is 0 Å². The summed E-state index contributed by atoms with van der Waals surface area (Å²) in [6.45, 7) is 8.61. The molecule has 1 N–H and O–H groups in total. The Morgan fingerprint density at radius 3 is 2.08 bits per heavy atom. The molecule has 0 unspecified atom stereocenters. The van der Waals surface area contributed by atoms with Crippen LogP contribution >= 0.6 is 0 Å². The maximum atomic E-state index is 3.44. The molecule has 0 saturated heterocycles. The van der Waals surface area contributed by atoms with Crippen molar-refractivity contribution in [3.63, 3.8) is 0 Å². The second-order valence-corrected chi connectivity index (χ2v) is 4.17.